The lowest BCUT2D eigenvalue weighted by Gasteiger charge is -2.26. The monoisotopic (exact) mass is 377 g/mol. The SMILES string of the molecule is CC(C)C(Sc1nc(C(F)(F)F)cc(=O)[nH]1)C(=O)NC1CCCCC1. The molecule has 1 fully saturated rings. The van der Waals surface area contributed by atoms with E-state index < -0.39 is 22.7 Å². The number of hydrogen-bond donors (Lipinski definition) is 2. The van der Waals surface area contributed by atoms with Crippen LogP contribution in [0.25, 0.3) is 0 Å². The lowest BCUT2D eigenvalue weighted by Crippen LogP contribution is -2.43. The minimum Gasteiger partial charge on any atom is -0.352 e. The quantitative estimate of drug-likeness (QED) is 0.610. The van der Waals surface area contributed by atoms with Crippen LogP contribution >= 0.6 is 11.8 Å². The van der Waals surface area contributed by atoms with Gasteiger partial charge >= 0.3 is 6.18 Å². The molecule has 1 saturated carbocycles. The first kappa shape index (κ1) is 19.8. The molecule has 1 unspecified atom stereocenters. The first-order chi connectivity index (χ1) is 11.7. The number of aromatic nitrogens is 2. The number of alkyl halides is 3. The van der Waals surface area contributed by atoms with E-state index in [1.807, 2.05) is 13.8 Å². The number of carbonyl (C=O) groups excluding carboxylic acids is 1. The van der Waals surface area contributed by atoms with Crippen molar-refractivity contribution in [3.63, 3.8) is 0 Å². The summed E-state index contributed by atoms with van der Waals surface area (Å²) in [5, 5.41) is 2.15. The average molecular weight is 377 g/mol. The summed E-state index contributed by atoms with van der Waals surface area (Å²) in [4.78, 5) is 29.8. The van der Waals surface area contributed by atoms with Crippen LogP contribution in [0.3, 0.4) is 0 Å². The Kier molecular flexibility index (Phi) is 6.53. The first-order valence-corrected chi connectivity index (χ1v) is 9.20. The van der Waals surface area contributed by atoms with Gasteiger partial charge in [0, 0.05) is 12.1 Å². The molecule has 1 aromatic heterocycles. The molecule has 1 aliphatic carbocycles. The first-order valence-electron chi connectivity index (χ1n) is 8.32. The van der Waals surface area contributed by atoms with Gasteiger partial charge in [0.25, 0.3) is 5.56 Å². The third-order valence-electron chi connectivity index (χ3n) is 4.06. The lowest BCUT2D eigenvalue weighted by molar-refractivity contribution is -0.141. The van der Waals surface area contributed by atoms with Gasteiger partial charge in [0.05, 0.1) is 5.25 Å². The van der Waals surface area contributed by atoms with Gasteiger partial charge in [0.15, 0.2) is 10.9 Å². The van der Waals surface area contributed by atoms with Crippen LogP contribution in [0.4, 0.5) is 13.2 Å². The number of carbonyl (C=O) groups is 1. The average Bonchev–Trinajstić information content (AvgIpc) is 2.52. The van der Waals surface area contributed by atoms with Crippen molar-refractivity contribution >= 4 is 17.7 Å². The zero-order valence-corrected chi connectivity index (χ0v) is 15.0. The number of nitrogens with one attached hydrogen (secondary N) is 2. The Labute approximate surface area is 148 Å². The van der Waals surface area contributed by atoms with Gasteiger partial charge in [-0.05, 0) is 18.8 Å². The summed E-state index contributed by atoms with van der Waals surface area (Å²) in [6.07, 6.45) is 0.408. The predicted octanol–water partition coefficient (Wildman–Crippen LogP) is 3.35. The van der Waals surface area contributed by atoms with Gasteiger partial charge < -0.3 is 10.3 Å². The van der Waals surface area contributed by atoms with Gasteiger partial charge in [0.1, 0.15) is 0 Å². The standard InChI is InChI=1S/C16H22F3N3O2S/c1-9(2)13(14(24)20-10-6-4-3-5-7-10)25-15-21-11(16(17,18)19)8-12(23)22-15/h8-10,13H,3-7H2,1-2H3,(H,20,24)(H,21,22,23). The molecule has 0 bridgehead atoms. The minimum absolute atomic E-state index is 0.108. The van der Waals surface area contributed by atoms with Crippen LogP contribution in [0.5, 0.6) is 0 Å². The second kappa shape index (κ2) is 8.25. The molecule has 5 nitrogen and oxygen atoms in total. The second-order valence-electron chi connectivity index (χ2n) is 6.56. The molecule has 9 heteroatoms. The van der Waals surface area contributed by atoms with E-state index in [0.717, 1.165) is 43.9 Å². The van der Waals surface area contributed by atoms with Gasteiger partial charge in [-0.25, -0.2) is 4.98 Å². The van der Waals surface area contributed by atoms with Crippen LogP contribution in [0.2, 0.25) is 0 Å². The highest BCUT2D eigenvalue weighted by Crippen LogP contribution is 2.30. The fourth-order valence-electron chi connectivity index (χ4n) is 2.78. The summed E-state index contributed by atoms with van der Waals surface area (Å²) >= 11 is 0.859. The maximum Gasteiger partial charge on any atom is 0.433 e. The summed E-state index contributed by atoms with van der Waals surface area (Å²) in [5.41, 5.74) is -2.14. The van der Waals surface area contributed by atoms with E-state index in [0.29, 0.717) is 6.07 Å². The maximum atomic E-state index is 12.8. The van der Waals surface area contributed by atoms with Crippen LogP contribution in [0.15, 0.2) is 16.0 Å². The molecule has 0 spiro atoms. The Bertz CT molecular complexity index is 655. The number of thioether (sulfide) groups is 1. The number of aromatic amines is 1. The maximum absolute atomic E-state index is 12.8. The van der Waals surface area contributed by atoms with Crippen molar-refractivity contribution in [2.24, 2.45) is 5.92 Å². The molecular weight excluding hydrogens is 355 g/mol. The molecule has 0 aromatic carbocycles. The summed E-state index contributed by atoms with van der Waals surface area (Å²) in [5.74, 6) is -0.361. The fourth-order valence-corrected chi connectivity index (χ4v) is 3.78. The zero-order chi connectivity index (χ0) is 18.6. The van der Waals surface area contributed by atoms with Crippen molar-refractivity contribution in [3.8, 4) is 0 Å². The molecular formula is C16H22F3N3O2S. The van der Waals surface area contributed by atoms with Gasteiger partial charge in [-0.2, -0.15) is 13.2 Å². The second-order valence-corrected chi connectivity index (χ2v) is 7.69. The van der Waals surface area contributed by atoms with Gasteiger partial charge in [-0.3, -0.25) is 9.59 Å². The Morgan fingerprint density at radius 3 is 2.52 bits per heavy atom. The highest BCUT2D eigenvalue weighted by molar-refractivity contribution is 8.00. The van der Waals surface area contributed by atoms with Crippen LogP contribution in [-0.2, 0) is 11.0 Å². The molecule has 0 aliphatic heterocycles. The highest BCUT2D eigenvalue weighted by atomic mass is 32.2. The minimum atomic E-state index is -4.71. The molecule has 0 radical (unpaired) electrons. The molecule has 2 rings (SSSR count). The number of H-pyrrole nitrogens is 1. The molecule has 140 valence electrons. The van der Waals surface area contributed by atoms with Crippen molar-refractivity contribution in [3.05, 3.63) is 22.1 Å². The van der Waals surface area contributed by atoms with Crippen molar-refractivity contribution in [2.75, 3.05) is 0 Å². The van der Waals surface area contributed by atoms with Crippen LogP contribution in [-0.4, -0.2) is 27.2 Å². The van der Waals surface area contributed by atoms with Crippen molar-refractivity contribution in [2.45, 2.75) is 68.6 Å². The lowest BCUT2D eigenvalue weighted by atomic mass is 9.95. The molecule has 1 aromatic rings. The van der Waals surface area contributed by atoms with E-state index in [2.05, 4.69) is 15.3 Å². The number of amides is 1. The number of nitrogens with zero attached hydrogens (tertiary/aromatic N) is 1. The van der Waals surface area contributed by atoms with E-state index in [-0.39, 0.29) is 23.0 Å². The van der Waals surface area contributed by atoms with Crippen molar-refractivity contribution < 1.29 is 18.0 Å². The van der Waals surface area contributed by atoms with Crippen LogP contribution < -0.4 is 10.9 Å². The van der Waals surface area contributed by atoms with E-state index in [9.17, 15) is 22.8 Å². The van der Waals surface area contributed by atoms with E-state index in [1.54, 1.807) is 0 Å². The van der Waals surface area contributed by atoms with E-state index in [1.165, 1.54) is 0 Å². The van der Waals surface area contributed by atoms with E-state index in [4.69, 9.17) is 0 Å². The molecule has 2 N–H and O–H groups in total. The molecule has 1 aliphatic rings. The molecule has 25 heavy (non-hydrogen) atoms. The fraction of sp³-hybridized carbons (Fsp3) is 0.688. The Balaban J connectivity index is 2.14. The molecule has 0 saturated heterocycles. The molecule has 1 atom stereocenters. The van der Waals surface area contributed by atoms with Crippen molar-refractivity contribution in [1.82, 2.24) is 15.3 Å². The Morgan fingerprint density at radius 1 is 1.32 bits per heavy atom. The summed E-state index contributed by atoms with van der Waals surface area (Å²) in [6.45, 7) is 3.62. The molecule has 1 heterocycles. The molecule has 1 amide bonds. The van der Waals surface area contributed by atoms with E-state index >= 15 is 0 Å². The summed E-state index contributed by atoms with van der Waals surface area (Å²) < 4.78 is 38.4. The summed E-state index contributed by atoms with van der Waals surface area (Å²) in [7, 11) is 0. The zero-order valence-electron chi connectivity index (χ0n) is 14.2. The predicted molar refractivity (Wildman–Crippen MR) is 89.4 cm³/mol. The number of halogens is 3. The summed E-state index contributed by atoms with van der Waals surface area (Å²) in [6, 6.07) is 0.521. The van der Waals surface area contributed by atoms with Gasteiger partial charge in [-0.1, -0.05) is 44.9 Å². The van der Waals surface area contributed by atoms with Crippen LogP contribution in [0.1, 0.15) is 51.6 Å². The van der Waals surface area contributed by atoms with Gasteiger partial charge in [0.2, 0.25) is 5.91 Å². The Morgan fingerprint density at radius 2 is 1.96 bits per heavy atom. The number of rotatable bonds is 5. The van der Waals surface area contributed by atoms with Crippen LogP contribution in [0, 0.1) is 5.92 Å². The normalized spacial score (nSPS) is 17.5. The third kappa shape index (κ3) is 5.76. The largest absolute Gasteiger partial charge is 0.433 e. The third-order valence-corrected chi connectivity index (χ3v) is 5.49. The number of hydrogen-bond acceptors (Lipinski definition) is 4. The smallest absolute Gasteiger partial charge is 0.352 e. The highest BCUT2D eigenvalue weighted by Gasteiger charge is 2.34. The Hall–Kier alpha value is -1.51. The topological polar surface area (TPSA) is 74.8 Å². The van der Waals surface area contributed by atoms with Gasteiger partial charge in [-0.15, -0.1) is 0 Å². The van der Waals surface area contributed by atoms with Crippen molar-refractivity contribution in [1.29, 1.82) is 0 Å².